The van der Waals surface area contributed by atoms with Crippen LogP contribution in [0.25, 0.3) is 0 Å². The van der Waals surface area contributed by atoms with Crippen molar-refractivity contribution in [1.82, 2.24) is 14.5 Å². The van der Waals surface area contributed by atoms with Crippen LogP contribution < -0.4 is 10.0 Å². The van der Waals surface area contributed by atoms with E-state index in [2.05, 4.69) is 15.1 Å². The second-order valence-corrected chi connectivity index (χ2v) is 6.97. The summed E-state index contributed by atoms with van der Waals surface area (Å²) >= 11 is 0. The molecule has 0 atom stereocenters. The Hall–Kier alpha value is -1.86. The monoisotopic (exact) mass is 306 g/mol. The van der Waals surface area contributed by atoms with Crippen LogP contribution in [0.1, 0.15) is 16.8 Å². The molecule has 0 radical (unpaired) electrons. The fraction of sp³-hybridized carbons (Fsp3) is 0.357. The quantitative estimate of drug-likeness (QED) is 0.889. The van der Waals surface area contributed by atoms with Crippen molar-refractivity contribution in [3.05, 3.63) is 41.2 Å². The molecule has 0 amide bonds. The second-order valence-electron chi connectivity index (χ2n) is 5.20. The van der Waals surface area contributed by atoms with Crippen LogP contribution in [0.4, 0.5) is 5.69 Å². The summed E-state index contributed by atoms with van der Waals surface area (Å²) in [4.78, 5) is 0.289. The van der Waals surface area contributed by atoms with Crippen LogP contribution >= 0.6 is 0 Å². The number of hydrogen-bond acceptors (Lipinski definition) is 4. The summed E-state index contributed by atoms with van der Waals surface area (Å²) in [5.74, 6) is 0. The van der Waals surface area contributed by atoms with Gasteiger partial charge in [-0.15, -0.1) is 0 Å². The zero-order valence-electron chi connectivity index (χ0n) is 12.0. The molecule has 2 heterocycles. The minimum Gasteiger partial charge on any atom is -0.384 e. The molecule has 0 spiro atoms. The molecular weight excluding hydrogens is 288 g/mol. The summed E-state index contributed by atoms with van der Waals surface area (Å²) in [6, 6.07) is 5.23. The third-order valence-electron chi connectivity index (χ3n) is 3.89. The van der Waals surface area contributed by atoms with Gasteiger partial charge in [0.1, 0.15) is 0 Å². The summed E-state index contributed by atoms with van der Waals surface area (Å²) in [6.07, 6.45) is 2.63. The predicted octanol–water partition coefficient (Wildman–Crippen LogP) is 1.18. The maximum Gasteiger partial charge on any atom is 0.240 e. The van der Waals surface area contributed by atoms with Gasteiger partial charge in [-0.3, -0.25) is 4.68 Å². The molecule has 6 nitrogen and oxygen atoms in total. The molecule has 2 N–H and O–H groups in total. The number of benzene rings is 1. The maximum atomic E-state index is 12.4. The molecule has 0 saturated carbocycles. The lowest BCUT2D eigenvalue weighted by molar-refractivity contribution is 0.581. The standard InChI is InChI=1S/C14H18N4O2S/c1-10-12(8-16-18(10)2)9-17-21(19,20)13-4-3-11-5-6-15-14(11)7-13/h3-4,7-8,15,17H,5-6,9H2,1-2H3. The first kappa shape index (κ1) is 14.1. The van der Waals surface area contributed by atoms with E-state index < -0.39 is 10.0 Å². The average molecular weight is 306 g/mol. The molecule has 0 bridgehead atoms. The topological polar surface area (TPSA) is 76.0 Å². The van der Waals surface area contributed by atoms with Gasteiger partial charge in [0, 0.05) is 37.1 Å². The lowest BCUT2D eigenvalue weighted by atomic mass is 10.2. The van der Waals surface area contributed by atoms with E-state index in [4.69, 9.17) is 0 Å². The molecule has 1 aliphatic heterocycles. The van der Waals surface area contributed by atoms with E-state index in [1.54, 1.807) is 23.0 Å². The van der Waals surface area contributed by atoms with E-state index in [1.807, 2.05) is 20.0 Å². The van der Waals surface area contributed by atoms with E-state index in [0.717, 1.165) is 35.5 Å². The third-order valence-corrected chi connectivity index (χ3v) is 5.29. The first-order valence-electron chi connectivity index (χ1n) is 6.81. The zero-order chi connectivity index (χ0) is 15.0. The van der Waals surface area contributed by atoms with Gasteiger partial charge in [-0.05, 0) is 31.0 Å². The normalized spacial score (nSPS) is 14.0. The molecule has 0 aliphatic carbocycles. The zero-order valence-corrected chi connectivity index (χ0v) is 12.9. The molecular formula is C14H18N4O2S. The molecule has 1 aromatic heterocycles. The number of fused-ring (bicyclic) bond motifs is 1. The summed E-state index contributed by atoms with van der Waals surface area (Å²) in [6.45, 7) is 3.02. The molecule has 1 aliphatic rings. The lowest BCUT2D eigenvalue weighted by Crippen LogP contribution is -2.23. The van der Waals surface area contributed by atoms with Crippen LogP contribution in [-0.2, 0) is 30.0 Å². The molecule has 0 fully saturated rings. The molecule has 112 valence electrons. The first-order valence-corrected chi connectivity index (χ1v) is 8.29. The predicted molar refractivity (Wildman–Crippen MR) is 80.6 cm³/mol. The summed E-state index contributed by atoms with van der Waals surface area (Å²) < 4.78 is 29.1. The van der Waals surface area contributed by atoms with E-state index in [-0.39, 0.29) is 11.4 Å². The highest BCUT2D eigenvalue weighted by Crippen LogP contribution is 2.25. The van der Waals surface area contributed by atoms with Crippen molar-refractivity contribution in [2.75, 3.05) is 11.9 Å². The number of sulfonamides is 1. The van der Waals surface area contributed by atoms with Crippen LogP contribution in [0.5, 0.6) is 0 Å². The van der Waals surface area contributed by atoms with Crippen molar-refractivity contribution in [2.24, 2.45) is 7.05 Å². The van der Waals surface area contributed by atoms with E-state index >= 15 is 0 Å². The van der Waals surface area contributed by atoms with Crippen molar-refractivity contribution < 1.29 is 8.42 Å². The van der Waals surface area contributed by atoms with Crippen LogP contribution in [0.15, 0.2) is 29.3 Å². The Balaban J connectivity index is 1.79. The highest BCUT2D eigenvalue weighted by atomic mass is 32.2. The largest absolute Gasteiger partial charge is 0.384 e. The number of rotatable bonds is 4. The van der Waals surface area contributed by atoms with Gasteiger partial charge in [0.2, 0.25) is 10.0 Å². The maximum absolute atomic E-state index is 12.4. The fourth-order valence-corrected chi connectivity index (χ4v) is 3.44. The van der Waals surface area contributed by atoms with Gasteiger partial charge in [-0.25, -0.2) is 13.1 Å². The SMILES string of the molecule is Cc1c(CNS(=O)(=O)c2ccc3c(c2)NCC3)cnn1C. The number of aryl methyl sites for hydroxylation is 1. The first-order chi connectivity index (χ1) is 9.97. The molecule has 0 unspecified atom stereocenters. The van der Waals surface area contributed by atoms with Gasteiger partial charge in [0.15, 0.2) is 0 Å². The van der Waals surface area contributed by atoms with Gasteiger partial charge in [-0.2, -0.15) is 5.10 Å². The summed E-state index contributed by atoms with van der Waals surface area (Å²) in [7, 11) is -1.68. The second kappa shape index (κ2) is 5.16. The van der Waals surface area contributed by atoms with Crippen molar-refractivity contribution in [1.29, 1.82) is 0 Å². The average Bonchev–Trinajstić information content (AvgIpc) is 3.04. The molecule has 21 heavy (non-hydrogen) atoms. The van der Waals surface area contributed by atoms with Crippen LogP contribution in [-0.4, -0.2) is 24.7 Å². The molecule has 1 aromatic carbocycles. The lowest BCUT2D eigenvalue weighted by Gasteiger charge is -2.08. The Bertz CT molecular complexity index is 780. The smallest absolute Gasteiger partial charge is 0.240 e. The van der Waals surface area contributed by atoms with Gasteiger partial charge in [-0.1, -0.05) is 6.07 Å². The Morgan fingerprint density at radius 3 is 2.95 bits per heavy atom. The summed E-state index contributed by atoms with van der Waals surface area (Å²) in [5.41, 5.74) is 3.90. The third kappa shape index (κ3) is 2.66. The van der Waals surface area contributed by atoms with Gasteiger partial charge < -0.3 is 5.32 Å². The van der Waals surface area contributed by atoms with E-state index in [1.165, 1.54) is 0 Å². The van der Waals surface area contributed by atoms with Crippen molar-refractivity contribution in [3.8, 4) is 0 Å². The Morgan fingerprint density at radius 2 is 2.24 bits per heavy atom. The minimum absolute atomic E-state index is 0.243. The Kier molecular flexibility index (Phi) is 3.46. The minimum atomic E-state index is -3.51. The van der Waals surface area contributed by atoms with Crippen molar-refractivity contribution in [3.63, 3.8) is 0 Å². The molecule has 2 aromatic rings. The van der Waals surface area contributed by atoms with Crippen LogP contribution in [0, 0.1) is 6.92 Å². The number of nitrogens with one attached hydrogen (secondary N) is 2. The molecule has 3 rings (SSSR count). The van der Waals surface area contributed by atoms with E-state index in [0.29, 0.717) is 0 Å². The summed E-state index contributed by atoms with van der Waals surface area (Å²) in [5, 5.41) is 7.30. The van der Waals surface area contributed by atoms with Crippen molar-refractivity contribution >= 4 is 15.7 Å². The van der Waals surface area contributed by atoms with E-state index in [9.17, 15) is 8.42 Å². The van der Waals surface area contributed by atoms with Gasteiger partial charge >= 0.3 is 0 Å². The number of nitrogens with zero attached hydrogens (tertiary/aromatic N) is 2. The van der Waals surface area contributed by atoms with Gasteiger partial charge in [0.05, 0.1) is 11.1 Å². The number of aromatic nitrogens is 2. The van der Waals surface area contributed by atoms with Gasteiger partial charge in [0.25, 0.3) is 0 Å². The number of anilines is 1. The molecule has 0 saturated heterocycles. The Labute approximate surface area is 124 Å². The van der Waals surface area contributed by atoms with Crippen LogP contribution in [0.2, 0.25) is 0 Å². The Morgan fingerprint density at radius 1 is 1.43 bits per heavy atom. The molecule has 7 heteroatoms. The van der Waals surface area contributed by atoms with Crippen molar-refractivity contribution in [2.45, 2.75) is 24.8 Å². The highest BCUT2D eigenvalue weighted by molar-refractivity contribution is 7.89. The van der Waals surface area contributed by atoms with Crippen LogP contribution in [0.3, 0.4) is 0 Å². The fourth-order valence-electron chi connectivity index (χ4n) is 2.41. The highest BCUT2D eigenvalue weighted by Gasteiger charge is 2.18. The number of hydrogen-bond donors (Lipinski definition) is 2.